The van der Waals surface area contributed by atoms with Gasteiger partial charge >= 0.3 is 11.4 Å². The summed E-state index contributed by atoms with van der Waals surface area (Å²) in [6, 6.07) is 12.2. The molecule has 0 unspecified atom stereocenters. The van der Waals surface area contributed by atoms with Gasteiger partial charge in [-0.05, 0) is 29.7 Å². The third-order valence-corrected chi connectivity index (χ3v) is 4.35. The third kappa shape index (κ3) is 4.50. The average Bonchev–Trinajstić information content (AvgIpc) is 2.65. The Morgan fingerprint density at radius 3 is 2.10 bits per heavy atom. The Morgan fingerprint density at radius 1 is 0.867 bits per heavy atom. The maximum atomic E-state index is 11.1. The average molecular weight is 432 g/mol. The van der Waals surface area contributed by atoms with Crippen molar-refractivity contribution in [2.75, 3.05) is 21.1 Å². The molecule has 155 valence electrons. The lowest BCUT2D eigenvalue weighted by Gasteiger charge is -2.23. The summed E-state index contributed by atoms with van der Waals surface area (Å²) in [4.78, 5) is 20.4. The molecule has 0 atom stereocenters. The van der Waals surface area contributed by atoms with Crippen molar-refractivity contribution in [3.63, 3.8) is 0 Å². The molecule has 0 saturated heterocycles. The largest absolute Gasteiger partial charge is 0.506 e. The van der Waals surface area contributed by atoms with E-state index in [1.807, 2.05) is 39.3 Å². The number of azo groups is 1. The highest BCUT2D eigenvalue weighted by molar-refractivity contribution is 5.97. The number of nitro groups is 2. The quantitative estimate of drug-likeness (QED) is 0.241. The molecule has 0 aliphatic rings. The van der Waals surface area contributed by atoms with Crippen LogP contribution in [0.15, 0.2) is 58.8 Å². The van der Waals surface area contributed by atoms with Crippen LogP contribution in [0.5, 0.6) is 5.75 Å². The highest BCUT2D eigenvalue weighted by Crippen LogP contribution is 2.39. The van der Waals surface area contributed by atoms with Gasteiger partial charge in [0.05, 0.1) is 42.7 Å². The fourth-order valence-corrected chi connectivity index (χ4v) is 2.79. The van der Waals surface area contributed by atoms with E-state index in [0.29, 0.717) is 9.87 Å². The second kappa shape index (κ2) is 8.39. The van der Waals surface area contributed by atoms with Crippen molar-refractivity contribution in [2.45, 2.75) is 0 Å². The molecule has 0 aliphatic heterocycles. The van der Waals surface area contributed by atoms with Crippen molar-refractivity contribution in [3.8, 4) is 5.75 Å². The SMILES string of the molecule is C[N+](C)(C)c1ccc2ccc(O)c(N=Nc3ccc([N+](=O)[O-])c([N+](=O)[O-])c3)c2c1.[Cl]. The van der Waals surface area contributed by atoms with Gasteiger partial charge in [-0.2, -0.15) is 5.11 Å². The van der Waals surface area contributed by atoms with Gasteiger partial charge in [-0.25, -0.2) is 0 Å². The van der Waals surface area contributed by atoms with Crippen LogP contribution in [-0.4, -0.2) is 36.1 Å². The summed E-state index contributed by atoms with van der Waals surface area (Å²) in [5.74, 6) is -0.101. The van der Waals surface area contributed by atoms with Crippen LogP contribution < -0.4 is 4.48 Å². The molecule has 0 bridgehead atoms. The number of hydrogen-bond acceptors (Lipinski definition) is 7. The van der Waals surface area contributed by atoms with Crippen LogP contribution in [0.3, 0.4) is 0 Å². The van der Waals surface area contributed by atoms with Gasteiger partial charge < -0.3 is 5.11 Å². The zero-order valence-electron chi connectivity index (χ0n) is 16.3. The lowest BCUT2D eigenvalue weighted by Crippen LogP contribution is -2.34. The third-order valence-electron chi connectivity index (χ3n) is 4.35. The fraction of sp³-hybridized carbons (Fsp3) is 0.158. The van der Waals surface area contributed by atoms with Gasteiger partial charge in [0.1, 0.15) is 17.1 Å². The first-order chi connectivity index (χ1) is 13.6. The number of phenolic OH excluding ortho intramolecular Hbond substituents is 1. The Morgan fingerprint density at radius 2 is 1.50 bits per heavy atom. The Bertz CT molecular complexity index is 1170. The molecule has 0 amide bonds. The van der Waals surface area contributed by atoms with E-state index in [1.165, 1.54) is 12.1 Å². The standard InChI is InChI=1S/C19H17N5O5.Cl/c1-24(2,3)14-7-4-12-5-9-18(25)19(15(12)11-14)21-20-13-6-8-16(22(26)27)17(10-13)23(28)29;/h4-11H,1-3H3;/p+1. The molecule has 0 heterocycles. The monoisotopic (exact) mass is 431 g/mol. The van der Waals surface area contributed by atoms with E-state index in [1.54, 1.807) is 6.07 Å². The zero-order chi connectivity index (χ0) is 21.3. The van der Waals surface area contributed by atoms with Crippen LogP contribution in [0.2, 0.25) is 0 Å². The van der Waals surface area contributed by atoms with Gasteiger partial charge in [-0.15, -0.1) is 5.11 Å². The Kier molecular flexibility index (Phi) is 6.34. The molecule has 1 N–H and O–H groups in total. The molecule has 0 aromatic heterocycles. The molecule has 10 nitrogen and oxygen atoms in total. The predicted molar refractivity (Wildman–Crippen MR) is 115 cm³/mol. The number of rotatable bonds is 5. The number of nitro benzene ring substituents is 2. The van der Waals surface area contributed by atoms with Crippen LogP contribution in [0.1, 0.15) is 0 Å². The van der Waals surface area contributed by atoms with E-state index in [2.05, 4.69) is 10.2 Å². The van der Waals surface area contributed by atoms with Crippen LogP contribution >= 0.6 is 12.4 Å². The molecule has 30 heavy (non-hydrogen) atoms. The van der Waals surface area contributed by atoms with E-state index < -0.39 is 21.2 Å². The molecule has 0 aliphatic carbocycles. The van der Waals surface area contributed by atoms with E-state index in [0.717, 1.165) is 23.2 Å². The summed E-state index contributed by atoms with van der Waals surface area (Å²) in [6.07, 6.45) is 0. The van der Waals surface area contributed by atoms with Gasteiger partial charge in [0, 0.05) is 29.9 Å². The maximum Gasteiger partial charge on any atom is 0.348 e. The number of benzene rings is 3. The van der Waals surface area contributed by atoms with Gasteiger partial charge in [-0.3, -0.25) is 24.7 Å². The number of fused-ring (bicyclic) bond motifs is 1. The summed E-state index contributed by atoms with van der Waals surface area (Å²) < 4.78 is 0.552. The van der Waals surface area contributed by atoms with Crippen molar-refractivity contribution in [2.24, 2.45) is 10.2 Å². The minimum Gasteiger partial charge on any atom is -0.506 e. The summed E-state index contributed by atoms with van der Waals surface area (Å²) >= 11 is 0. The van der Waals surface area contributed by atoms with Gasteiger partial charge in [0.15, 0.2) is 0 Å². The minimum atomic E-state index is -0.847. The highest BCUT2D eigenvalue weighted by atomic mass is 35.5. The lowest BCUT2D eigenvalue weighted by molar-refractivity contribution is -0.422. The first kappa shape index (κ1) is 22.7. The zero-order valence-corrected chi connectivity index (χ0v) is 17.1. The fourth-order valence-electron chi connectivity index (χ4n) is 2.79. The minimum absolute atomic E-state index is 0. The van der Waals surface area contributed by atoms with E-state index in [4.69, 9.17) is 0 Å². The smallest absolute Gasteiger partial charge is 0.348 e. The normalized spacial score (nSPS) is 11.4. The van der Waals surface area contributed by atoms with Crippen molar-refractivity contribution >= 4 is 51.6 Å². The molecule has 0 spiro atoms. The van der Waals surface area contributed by atoms with Crippen LogP contribution in [0, 0.1) is 20.2 Å². The number of hydrogen-bond donors (Lipinski definition) is 1. The van der Waals surface area contributed by atoms with Crippen LogP contribution in [-0.2, 0) is 0 Å². The first-order valence-corrected chi connectivity index (χ1v) is 8.50. The van der Waals surface area contributed by atoms with Gasteiger partial charge in [0.25, 0.3) is 0 Å². The summed E-state index contributed by atoms with van der Waals surface area (Å²) in [6.45, 7) is 0. The second-order valence-corrected chi connectivity index (χ2v) is 7.24. The molecular weight excluding hydrogens is 414 g/mol. The first-order valence-electron chi connectivity index (χ1n) is 8.50. The van der Waals surface area contributed by atoms with E-state index in [-0.39, 0.29) is 29.5 Å². The number of quaternary nitrogens is 1. The maximum absolute atomic E-state index is 11.1. The Labute approximate surface area is 177 Å². The molecule has 0 fully saturated rings. The topological polar surface area (TPSA) is 131 Å². The number of nitrogens with zero attached hydrogens (tertiary/aromatic N) is 5. The summed E-state index contributed by atoms with van der Waals surface area (Å²) in [5.41, 5.74) is -0.0683. The summed E-state index contributed by atoms with van der Waals surface area (Å²) in [5, 5.41) is 41.9. The van der Waals surface area contributed by atoms with Gasteiger partial charge in [-0.1, -0.05) is 6.07 Å². The van der Waals surface area contributed by atoms with Crippen molar-refractivity contribution in [3.05, 3.63) is 68.8 Å². The Hall–Kier alpha value is -3.63. The molecule has 0 saturated carbocycles. The van der Waals surface area contributed by atoms with E-state index in [9.17, 15) is 25.3 Å². The molecule has 3 rings (SSSR count). The predicted octanol–water partition coefficient (Wildman–Crippen LogP) is 5.66. The molecule has 3 aromatic carbocycles. The lowest BCUT2D eigenvalue weighted by atomic mass is 10.1. The molecule has 1 radical (unpaired) electrons. The van der Waals surface area contributed by atoms with Gasteiger partial charge in [0.2, 0.25) is 0 Å². The number of phenols is 1. The molecular formula is C19H18ClN5O5+. The number of aromatic hydroxyl groups is 1. The highest BCUT2D eigenvalue weighted by Gasteiger charge is 2.24. The summed E-state index contributed by atoms with van der Waals surface area (Å²) in [7, 11) is 6.00. The van der Waals surface area contributed by atoms with Crippen molar-refractivity contribution in [1.82, 2.24) is 4.48 Å². The van der Waals surface area contributed by atoms with Crippen LogP contribution in [0.25, 0.3) is 10.8 Å². The van der Waals surface area contributed by atoms with Crippen molar-refractivity contribution in [1.29, 1.82) is 0 Å². The van der Waals surface area contributed by atoms with Crippen LogP contribution in [0.4, 0.5) is 28.4 Å². The number of halogens is 1. The second-order valence-electron chi connectivity index (χ2n) is 7.24. The molecule has 11 heteroatoms. The Balaban J connectivity index is 0.00000320. The van der Waals surface area contributed by atoms with Crippen molar-refractivity contribution < 1.29 is 15.0 Å². The van der Waals surface area contributed by atoms with E-state index >= 15 is 0 Å². The molecule has 3 aromatic rings.